The fraction of sp³-hybridized carbons (Fsp3) is 0.200. The molecule has 106 valence electrons. The lowest BCUT2D eigenvalue weighted by molar-refractivity contribution is -0.137. The van der Waals surface area contributed by atoms with E-state index in [9.17, 15) is 17.6 Å². The third-order valence-corrected chi connectivity index (χ3v) is 2.95. The maximum Gasteiger partial charge on any atom is 0.417 e. The van der Waals surface area contributed by atoms with Gasteiger partial charge in [-0.3, -0.25) is 0 Å². The van der Waals surface area contributed by atoms with Gasteiger partial charge in [-0.25, -0.2) is 4.39 Å². The summed E-state index contributed by atoms with van der Waals surface area (Å²) in [7, 11) is 0. The second-order valence-corrected chi connectivity index (χ2v) is 4.33. The van der Waals surface area contributed by atoms with Gasteiger partial charge >= 0.3 is 6.18 Å². The second-order valence-electron chi connectivity index (χ2n) is 4.33. The number of hydrogen-bond donors (Lipinski definition) is 1. The third kappa shape index (κ3) is 2.99. The number of aliphatic hydroxyl groups excluding tert-OH is 1. The summed E-state index contributed by atoms with van der Waals surface area (Å²) in [4.78, 5) is 0. The highest BCUT2D eigenvalue weighted by atomic mass is 19.4. The Labute approximate surface area is 113 Å². The molecule has 0 aliphatic carbocycles. The minimum Gasteiger partial charge on any atom is -0.396 e. The largest absolute Gasteiger partial charge is 0.417 e. The van der Waals surface area contributed by atoms with Crippen LogP contribution in [0.3, 0.4) is 0 Å². The van der Waals surface area contributed by atoms with Gasteiger partial charge in [0, 0.05) is 12.2 Å². The Balaban J connectivity index is 2.59. The van der Waals surface area contributed by atoms with Crippen LogP contribution in [-0.4, -0.2) is 11.7 Å². The molecule has 0 spiro atoms. The van der Waals surface area contributed by atoms with Gasteiger partial charge < -0.3 is 5.11 Å². The van der Waals surface area contributed by atoms with Crippen molar-refractivity contribution in [3.8, 4) is 11.1 Å². The minimum atomic E-state index is -4.55. The molecule has 0 aliphatic heterocycles. The number of aliphatic hydroxyl groups is 1. The van der Waals surface area contributed by atoms with Crippen molar-refractivity contribution in [2.75, 3.05) is 6.61 Å². The van der Waals surface area contributed by atoms with Crippen molar-refractivity contribution in [3.63, 3.8) is 0 Å². The lowest BCUT2D eigenvalue weighted by atomic mass is 9.96. The Morgan fingerprint density at radius 3 is 2.30 bits per heavy atom. The summed E-state index contributed by atoms with van der Waals surface area (Å²) in [5.41, 5.74) is -0.595. The van der Waals surface area contributed by atoms with Gasteiger partial charge in [0.05, 0.1) is 5.56 Å². The standard InChI is InChI=1S/C15H12F4O/c16-14-6-5-10(7-8-20)9-12(14)11-3-1-2-4-13(11)15(17,18)19/h1-6,9,20H,7-8H2. The van der Waals surface area contributed by atoms with Gasteiger partial charge in [0.1, 0.15) is 5.82 Å². The summed E-state index contributed by atoms with van der Waals surface area (Å²) in [5.74, 6) is -0.719. The van der Waals surface area contributed by atoms with Crippen molar-refractivity contribution < 1.29 is 22.7 Å². The molecule has 0 saturated heterocycles. The molecule has 0 unspecified atom stereocenters. The zero-order valence-corrected chi connectivity index (χ0v) is 10.4. The van der Waals surface area contributed by atoms with Crippen LogP contribution in [0.15, 0.2) is 42.5 Å². The summed E-state index contributed by atoms with van der Waals surface area (Å²) in [6.07, 6.45) is -4.28. The van der Waals surface area contributed by atoms with Crippen LogP contribution < -0.4 is 0 Å². The quantitative estimate of drug-likeness (QED) is 0.843. The van der Waals surface area contributed by atoms with E-state index in [4.69, 9.17) is 5.11 Å². The average Bonchev–Trinajstić information content (AvgIpc) is 2.40. The van der Waals surface area contributed by atoms with E-state index >= 15 is 0 Å². The zero-order chi connectivity index (χ0) is 14.8. The zero-order valence-electron chi connectivity index (χ0n) is 10.4. The van der Waals surface area contributed by atoms with Crippen molar-refractivity contribution in [3.05, 3.63) is 59.4 Å². The van der Waals surface area contributed by atoms with Crippen LogP contribution in [-0.2, 0) is 12.6 Å². The molecule has 0 aromatic heterocycles. The van der Waals surface area contributed by atoms with E-state index < -0.39 is 17.6 Å². The van der Waals surface area contributed by atoms with Gasteiger partial charge in [0.2, 0.25) is 0 Å². The van der Waals surface area contributed by atoms with E-state index in [1.54, 1.807) is 0 Å². The van der Waals surface area contributed by atoms with E-state index in [1.165, 1.54) is 30.3 Å². The monoisotopic (exact) mass is 284 g/mol. The highest BCUT2D eigenvalue weighted by molar-refractivity contribution is 5.69. The Morgan fingerprint density at radius 1 is 0.950 bits per heavy atom. The van der Waals surface area contributed by atoms with Crippen LogP contribution in [0.25, 0.3) is 11.1 Å². The molecule has 20 heavy (non-hydrogen) atoms. The molecule has 2 rings (SSSR count). The predicted octanol–water partition coefficient (Wildman–Crippen LogP) is 4.05. The van der Waals surface area contributed by atoms with Gasteiger partial charge in [0.15, 0.2) is 0 Å². The fourth-order valence-electron chi connectivity index (χ4n) is 2.03. The minimum absolute atomic E-state index is 0.108. The first-order valence-electron chi connectivity index (χ1n) is 5.99. The maximum atomic E-state index is 13.8. The van der Waals surface area contributed by atoms with Gasteiger partial charge in [-0.2, -0.15) is 13.2 Å². The molecule has 0 atom stereocenters. The first-order valence-corrected chi connectivity index (χ1v) is 5.99. The fourth-order valence-corrected chi connectivity index (χ4v) is 2.03. The van der Waals surface area contributed by atoms with Gasteiger partial charge in [0.25, 0.3) is 0 Å². The molecule has 0 bridgehead atoms. The predicted molar refractivity (Wildman–Crippen MR) is 67.6 cm³/mol. The van der Waals surface area contributed by atoms with Crippen LogP contribution in [0.2, 0.25) is 0 Å². The van der Waals surface area contributed by atoms with Gasteiger partial charge in [-0.15, -0.1) is 0 Å². The molecule has 0 fully saturated rings. The van der Waals surface area contributed by atoms with Crippen molar-refractivity contribution in [1.29, 1.82) is 0 Å². The topological polar surface area (TPSA) is 20.2 Å². The lowest BCUT2D eigenvalue weighted by Crippen LogP contribution is -2.07. The van der Waals surface area contributed by atoms with E-state index in [1.807, 2.05) is 0 Å². The van der Waals surface area contributed by atoms with Crippen molar-refractivity contribution >= 4 is 0 Å². The third-order valence-electron chi connectivity index (χ3n) is 2.95. The Kier molecular flexibility index (Phi) is 4.09. The Morgan fingerprint density at radius 2 is 1.65 bits per heavy atom. The number of alkyl halides is 3. The number of hydrogen-bond acceptors (Lipinski definition) is 1. The maximum absolute atomic E-state index is 13.8. The molecular weight excluding hydrogens is 272 g/mol. The molecule has 0 saturated carbocycles. The second kappa shape index (κ2) is 5.63. The normalized spacial score (nSPS) is 11.7. The van der Waals surface area contributed by atoms with Crippen molar-refractivity contribution in [2.24, 2.45) is 0 Å². The summed E-state index contributed by atoms with van der Waals surface area (Å²) in [6.45, 7) is -0.147. The number of benzene rings is 2. The Bertz CT molecular complexity index is 605. The van der Waals surface area contributed by atoms with E-state index in [0.29, 0.717) is 5.56 Å². The van der Waals surface area contributed by atoms with E-state index in [0.717, 1.165) is 12.1 Å². The molecular formula is C15H12F4O. The molecule has 1 nitrogen and oxygen atoms in total. The Hall–Kier alpha value is -1.88. The van der Waals surface area contributed by atoms with Gasteiger partial charge in [-0.1, -0.05) is 24.3 Å². The van der Waals surface area contributed by atoms with Crippen molar-refractivity contribution in [2.45, 2.75) is 12.6 Å². The SMILES string of the molecule is OCCc1ccc(F)c(-c2ccccc2C(F)(F)F)c1. The summed E-state index contributed by atoms with van der Waals surface area (Å²) < 4.78 is 52.7. The molecule has 0 radical (unpaired) electrons. The van der Waals surface area contributed by atoms with Crippen LogP contribution in [0.4, 0.5) is 17.6 Å². The first-order chi connectivity index (χ1) is 9.43. The molecule has 2 aromatic carbocycles. The highest BCUT2D eigenvalue weighted by Gasteiger charge is 2.33. The summed E-state index contributed by atoms with van der Waals surface area (Å²) in [6, 6.07) is 8.77. The van der Waals surface area contributed by atoms with Crippen LogP contribution in [0, 0.1) is 5.82 Å². The molecule has 5 heteroatoms. The molecule has 0 heterocycles. The van der Waals surface area contributed by atoms with Gasteiger partial charge in [-0.05, 0) is 35.7 Å². The van der Waals surface area contributed by atoms with E-state index in [-0.39, 0.29) is 24.2 Å². The molecule has 2 aromatic rings. The van der Waals surface area contributed by atoms with Crippen LogP contribution in [0.5, 0.6) is 0 Å². The summed E-state index contributed by atoms with van der Waals surface area (Å²) in [5, 5.41) is 8.86. The summed E-state index contributed by atoms with van der Waals surface area (Å²) >= 11 is 0. The average molecular weight is 284 g/mol. The molecule has 0 aliphatic rings. The smallest absolute Gasteiger partial charge is 0.396 e. The highest BCUT2D eigenvalue weighted by Crippen LogP contribution is 2.38. The molecule has 0 amide bonds. The van der Waals surface area contributed by atoms with E-state index in [2.05, 4.69) is 0 Å². The molecule has 1 N–H and O–H groups in total. The lowest BCUT2D eigenvalue weighted by Gasteiger charge is -2.14. The number of rotatable bonds is 3. The van der Waals surface area contributed by atoms with Crippen LogP contribution >= 0.6 is 0 Å². The van der Waals surface area contributed by atoms with Crippen molar-refractivity contribution in [1.82, 2.24) is 0 Å². The first kappa shape index (κ1) is 14.5. The van der Waals surface area contributed by atoms with Crippen LogP contribution in [0.1, 0.15) is 11.1 Å². The number of halogens is 4.